The van der Waals surface area contributed by atoms with Gasteiger partial charge >= 0.3 is 0 Å². The standard InChI is InChI=1S/C28H35ClF2N2O4S/c1-16(2)33(17(3)4)15-28(35)19-6-7-20(28)13-22(12-19)38(36,37)26-11-18(5-9-23(26)29)27(34)32-21-8-10-24(30)25(31)14-21/h5,8-11,14,16-17,19-20,22,35H,6-7,12-13,15H2,1-4H3,(H,32,34)/t19?,20?,22-,28-. The predicted octanol–water partition coefficient (Wildman–Crippen LogP) is 5.68. The number of fused-ring (bicyclic) bond motifs is 2. The maximum Gasteiger partial charge on any atom is 0.255 e. The molecule has 0 saturated heterocycles. The SMILES string of the molecule is CC(C)N(C[C@]1(O)C2CCC1C[C@@H](S(=O)(=O)c1cc(C(=O)Nc3ccc(F)c(F)c3)ccc1Cl)C2)C(C)C. The Labute approximate surface area is 228 Å². The van der Waals surface area contributed by atoms with E-state index >= 15 is 0 Å². The van der Waals surface area contributed by atoms with Gasteiger partial charge in [0.25, 0.3) is 5.91 Å². The van der Waals surface area contributed by atoms with Crippen LogP contribution in [0, 0.1) is 23.5 Å². The van der Waals surface area contributed by atoms with E-state index in [9.17, 15) is 27.1 Å². The first kappa shape index (κ1) is 28.9. The fraction of sp³-hybridized carbons (Fsp3) is 0.536. The fourth-order valence-corrected chi connectivity index (χ4v) is 8.60. The Morgan fingerprint density at radius 3 is 2.21 bits per heavy atom. The normalized spacial score (nSPS) is 25.4. The number of carbonyl (C=O) groups is 1. The third-order valence-corrected chi connectivity index (χ3v) is 10.9. The second kappa shape index (κ2) is 10.8. The van der Waals surface area contributed by atoms with Crippen LogP contribution in [0.4, 0.5) is 14.5 Å². The molecule has 0 heterocycles. The molecule has 2 saturated carbocycles. The summed E-state index contributed by atoms with van der Waals surface area (Å²) in [6, 6.07) is 7.41. The van der Waals surface area contributed by atoms with Gasteiger partial charge in [-0.05, 0) is 95.5 Å². The summed E-state index contributed by atoms with van der Waals surface area (Å²) >= 11 is 6.33. The molecule has 2 N–H and O–H groups in total. The largest absolute Gasteiger partial charge is 0.388 e. The van der Waals surface area contributed by atoms with Gasteiger partial charge in [-0.1, -0.05) is 11.6 Å². The molecule has 0 aliphatic heterocycles. The van der Waals surface area contributed by atoms with Crippen LogP contribution >= 0.6 is 11.6 Å². The van der Waals surface area contributed by atoms with Gasteiger partial charge in [0.15, 0.2) is 21.5 Å². The number of hydrogen-bond donors (Lipinski definition) is 2. The molecule has 2 aliphatic carbocycles. The van der Waals surface area contributed by atoms with Gasteiger partial charge in [-0.3, -0.25) is 9.69 Å². The average Bonchev–Trinajstić information content (AvgIpc) is 2.99. The van der Waals surface area contributed by atoms with Crippen molar-refractivity contribution in [3.05, 3.63) is 58.6 Å². The monoisotopic (exact) mass is 568 g/mol. The van der Waals surface area contributed by atoms with E-state index in [4.69, 9.17) is 11.6 Å². The van der Waals surface area contributed by atoms with Crippen molar-refractivity contribution in [1.29, 1.82) is 0 Å². The highest BCUT2D eigenvalue weighted by atomic mass is 35.5. The molecule has 4 rings (SSSR count). The second-order valence-electron chi connectivity index (χ2n) is 11.2. The molecule has 2 fully saturated rings. The summed E-state index contributed by atoms with van der Waals surface area (Å²) in [5.74, 6) is -3.14. The van der Waals surface area contributed by atoms with Gasteiger partial charge in [-0.15, -0.1) is 0 Å². The minimum atomic E-state index is -3.92. The summed E-state index contributed by atoms with van der Waals surface area (Å²) in [4.78, 5) is 14.9. The molecular formula is C28H35ClF2N2O4S. The molecule has 6 nitrogen and oxygen atoms in total. The molecule has 1 amide bonds. The van der Waals surface area contributed by atoms with Gasteiger partial charge in [0, 0.05) is 35.9 Å². The first-order valence-corrected chi connectivity index (χ1v) is 14.9. The minimum absolute atomic E-state index is 0.00773. The van der Waals surface area contributed by atoms with Crippen LogP contribution in [0.25, 0.3) is 0 Å². The molecule has 2 aliphatic rings. The number of amides is 1. The number of nitrogens with zero attached hydrogens (tertiary/aromatic N) is 1. The van der Waals surface area contributed by atoms with Gasteiger partial charge in [0.2, 0.25) is 0 Å². The van der Waals surface area contributed by atoms with Crippen LogP contribution in [0.1, 0.15) is 63.7 Å². The van der Waals surface area contributed by atoms with Crippen molar-refractivity contribution >= 4 is 33.0 Å². The Morgan fingerprint density at radius 2 is 1.66 bits per heavy atom. The number of sulfone groups is 1. The van der Waals surface area contributed by atoms with E-state index in [2.05, 4.69) is 37.9 Å². The van der Waals surface area contributed by atoms with Crippen molar-refractivity contribution in [2.45, 2.75) is 81.2 Å². The lowest BCUT2D eigenvalue weighted by atomic mass is 9.73. The van der Waals surface area contributed by atoms with E-state index in [1.54, 1.807) is 0 Å². The highest BCUT2D eigenvalue weighted by Crippen LogP contribution is 2.52. The molecule has 0 spiro atoms. The van der Waals surface area contributed by atoms with E-state index in [0.717, 1.165) is 25.0 Å². The Balaban J connectivity index is 1.56. The predicted molar refractivity (Wildman–Crippen MR) is 144 cm³/mol. The van der Waals surface area contributed by atoms with Crippen molar-refractivity contribution in [1.82, 2.24) is 4.90 Å². The van der Waals surface area contributed by atoms with Crippen LogP contribution in [0.5, 0.6) is 0 Å². The van der Waals surface area contributed by atoms with Gasteiger partial charge < -0.3 is 10.4 Å². The number of nitrogens with one attached hydrogen (secondary N) is 1. The maximum atomic E-state index is 13.8. The number of rotatable bonds is 8. The molecule has 2 bridgehead atoms. The molecule has 2 aromatic carbocycles. The third kappa shape index (κ3) is 5.48. The molecule has 208 valence electrons. The van der Waals surface area contributed by atoms with Crippen LogP contribution < -0.4 is 5.32 Å². The molecule has 2 atom stereocenters. The lowest BCUT2D eigenvalue weighted by molar-refractivity contribution is -0.0904. The molecular weight excluding hydrogens is 534 g/mol. The number of hydrogen-bond acceptors (Lipinski definition) is 5. The number of halogens is 3. The highest BCUT2D eigenvalue weighted by molar-refractivity contribution is 7.92. The Hall–Kier alpha value is -2.07. The third-order valence-electron chi connectivity index (χ3n) is 8.25. The molecule has 0 aromatic heterocycles. The van der Waals surface area contributed by atoms with E-state index in [-0.39, 0.29) is 45.1 Å². The van der Waals surface area contributed by atoms with Crippen molar-refractivity contribution in [2.24, 2.45) is 11.8 Å². The van der Waals surface area contributed by atoms with E-state index in [0.29, 0.717) is 19.4 Å². The van der Waals surface area contributed by atoms with Crippen molar-refractivity contribution in [3.8, 4) is 0 Å². The van der Waals surface area contributed by atoms with Crippen LogP contribution in [0.2, 0.25) is 5.02 Å². The summed E-state index contributed by atoms with van der Waals surface area (Å²) in [5.41, 5.74) is -0.887. The number of anilines is 1. The number of aliphatic hydroxyl groups is 1. The fourth-order valence-electron chi connectivity index (χ4n) is 6.20. The zero-order valence-corrected chi connectivity index (χ0v) is 23.6. The topological polar surface area (TPSA) is 86.7 Å². The first-order chi connectivity index (χ1) is 17.7. The van der Waals surface area contributed by atoms with E-state index in [1.165, 1.54) is 24.3 Å². The van der Waals surface area contributed by atoms with Crippen LogP contribution in [0.3, 0.4) is 0 Å². The van der Waals surface area contributed by atoms with E-state index < -0.39 is 38.2 Å². The lowest BCUT2D eigenvalue weighted by Crippen LogP contribution is -2.57. The van der Waals surface area contributed by atoms with Crippen molar-refractivity contribution in [2.75, 3.05) is 11.9 Å². The van der Waals surface area contributed by atoms with Gasteiger partial charge in [-0.2, -0.15) is 0 Å². The summed E-state index contributed by atoms with van der Waals surface area (Å²) in [6.45, 7) is 8.89. The van der Waals surface area contributed by atoms with Crippen LogP contribution in [-0.2, 0) is 9.84 Å². The zero-order valence-electron chi connectivity index (χ0n) is 22.0. The van der Waals surface area contributed by atoms with Gasteiger partial charge in [0.05, 0.1) is 20.8 Å². The Kier molecular flexibility index (Phi) is 8.25. The molecule has 38 heavy (non-hydrogen) atoms. The Bertz CT molecular complexity index is 1300. The maximum absolute atomic E-state index is 13.8. The highest BCUT2D eigenvalue weighted by Gasteiger charge is 2.56. The molecule has 2 aromatic rings. The van der Waals surface area contributed by atoms with E-state index in [1.807, 2.05) is 0 Å². The molecule has 10 heteroatoms. The van der Waals surface area contributed by atoms with Crippen LogP contribution in [-0.4, -0.2) is 53.8 Å². The van der Waals surface area contributed by atoms with Crippen molar-refractivity contribution in [3.63, 3.8) is 0 Å². The molecule has 2 unspecified atom stereocenters. The first-order valence-electron chi connectivity index (χ1n) is 13.0. The van der Waals surface area contributed by atoms with Gasteiger partial charge in [-0.25, -0.2) is 17.2 Å². The minimum Gasteiger partial charge on any atom is -0.388 e. The number of benzene rings is 2. The van der Waals surface area contributed by atoms with Crippen molar-refractivity contribution < 1.29 is 27.1 Å². The zero-order chi connectivity index (χ0) is 28.0. The molecule has 0 radical (unpaired) electrons. The smallest absolute Gasteiger partial charge is 0.255 e. The number of carbonyl (C=O) groups excluding carboxylic acids is 1. The second-order valence-corrected chi connectivity index (χ2v) is 13.8. The quantitative estimate of drug-likeness (QED) is 0.428. The summed E-state index contributed by atoms with van der Waals surface area (Å²) in [5, 5.41) is 13.5. The van der Waals surface area contributed by atoms with Gasteiger partial charge in [0.1, 0.15) is 0 Å². The Morgan fingerprint density at radius 1 is 1.05 bits per heavy atom. The summed E-state index contributed by atoms with van der Waals surface area (Å²) in [7, 11) is -3.92. The summed E-state index contributed by atoms with van der Waals surface area (Å²) < 4.78 is 54.3. The van der Waals surface area contributed by atoms with Crippen LogP contribution in [0.15, 0.2) is 41.3 Å². The average molecular weight is 569 g/mol. The lowest BCUT2D eigenvalue weighted by Gasteiger charge is -2.47. The summed E-state index contributed by atoms with van der Waals surface area (Å²) in [6.07, 6.45) is 2.17.